The highest BCUT2D eigenvalue weighted by molar-refractivity contribution is 14.0. The number of rotatable bonds is 8. The molecule has 6 nitrogen and oxygen atoms in total. The molecule has 33 heavy (non-hydrogen) atoms. The number of benzene rings is 2. The zero-order valence-corrected chi connectivity index (χ0v) is 21.8. The molecule has 0 spiro atoms. The first kappa shape index (κ1) is 25.9. The van der Waals surface area contributed by atoms with E-state index in [0.717, 1.165) is 45.0 Å². The van der Waals surface area contributed by atoms with Crippen LogP contribution in [0.5, 0.6) is 0 Å². The second-order valence-corrected chi connectivity index (χ2v) is 8.32. The number of guanidine groups is 1. The van der Waals surface area contributed by atoms with E-state index in [2.05, 4.69) is 53.5 Å². The quantitative estimate of drug-likeness (QED) is 0.293. The van der Waals surface area contributed by atoms with E-state index in [1.54, 1.807) is 0 Å². The second kappa shape index (κ2) is 13.9. The first-order chi connectivity index (χ1) is 15.8. The molecule has 0 radical (unpaired) electrons. The van der Waals surface area contributed by atoms with Crippen molar-refractivity contribution < 1.29 is 14.2 Å². The molecule has 2 aliphatic heterocycles. The molecule has 2 aromatic rings. The molecule has 2 saturated heterocycles. The van der Waals surface area contributed by atoms with Gasteiger partial charge < -0.3 is 24.4 Å². The van der Waals surface area contributed by atoms with Gasteiger partial charge in [0, 0.05) is 26.2 Å². The first-order valence-corrected chi connectivity index (χ1v) is 11.8. The van der Waals surface area contributed by atoms with Gasteiger partial charge in [0.05, 0.1) is 32.5 Å². The van der Waals surface area contributed by atoms with Gasteiger partial charge in [-0.2, -0.15) is 0 Å². The minimum Gasteiger partial charge on any atom is -0.375 e. The van der Waals surface area contributed by atoms with Crippen LogP contribution in [0.1, 0.15) is 36.5 Å². The van der Waals surface area contributed by atoms with Crippen LogP contribution in [0.25, 0.3) is 0 Å². The van der Waals surface area contributed by atoms with Crippen molar-refractivity contribution in [2.75, 3.05) is 32.8 Å². The fraction of sp³-hybridized carbons (Fsp3) is 0.500. The number of nitrogens with zero attached hydrogens (tertiary/aromatic N) is 2. The Bertz CT molecular complexity index is 859. The van der Waals surface area contributed by atoms with Gasteiger partial charge in [0.25, 0.3) is 0 Å². The van der Waals surface area contributed by atoms with Crippen LogP contribution in [0.4, 0.5) is 0 Å². The number of ether oxygens (including phenoxy) is 3. The zero-order chi connectivity index (χ0) is 22.0. The van der Waals surface area contributed by atoms with Crippen molar-refractivity contribution in [2.45, 2.75) is 51.7 Å². The van der Waals surface area contributed by atoms with Gasteiger partial charge in [0.1, 0.15) is 6.10 Å². The van der Waals surface area contributed by atoms with Gasteiger partial charge in [-0.05, 0) is 36.5 Å². The largest absolute Gasteiger partial charge is 0.375 e. The van der Waals surface area contributed by atoms with Crippen LogP contribution in [0.2, 0.25) is 0 Å². The Balaban J connectivity index is 0.00000306. The Kier molecular flexibility index (Phi) is 10.9. The van der Waals surface area contributed by atoms with Crippen molar-refractivity contribution in [2.24, 2.45) is 4.99 Å². The minimum atomic E-state index is 0. The Labute approximate surface area is 214 Å². The number of aliphatic imine (C=N–C) groups is 1. The van der Waals surface area contributed by atoms with Crippen LogP contribution in [-0.2, 0) is 34.0 Å². The Hall–Kier alpha value is -1.68. The second-order valence-electron chi connectivity index (χ2n) is 8.32. The highest BCUT2D eigenvalue weighted by atomic mass is 127. The molecule has 1 N–H and O–H groups in total. The Morgan fingerprint density at radius 2 is 1.76 bits per heavy atom. The van der Waals surface area contributed by atoms with Gasteiger partial charge in [-0.1, -0.05) is 54.6 Å². The highest BCUT2D eigenvalue weighted by Gasteiger charge is 2.32. The third kappa shape index (κ3) is 7.67. The molecule has 0 aliphatic carbocycles. The van der Waals surface area contributed by atoms with Crippen molar-refractivity contribution in [3.8, 4) is 0 Å². The number of hydrogen-bond donors (Lipinski definition) is 1. The van der Waals surface area contributed by atoms with Crippen molar-refractivity contribution in [1.82, 2.24) is 10.2 Å². The van der Waals surface area contributed by atoms with E-state index in [4.69, 9.17) is 19.2 Å². The lowest BCUT2D eigenvalue weighted by molar-refractivity contribution is -0.0817. The average Bonchev–Trinajstić information content (AvgIpc) is 3.38. The molecule has 180 valence electrons. The van der Waals surface area contributed by atoms with Gasteiger partial charge in [-0.3, -0.25) is 0 Å². The van der Waals surface area contributed by atoms with E-state index >= 15 is 0 Å². The Morgan fingerprint density at radius 1 is 1.00 bits per heavy atom. The van der Waals surface area contributed by atoms with Crippen molar-refractivity contribution in [3.05, 3.63) is 71.3 Å². The van der Waals surface area contributed by atoms with Crippen molar-refractivity contribution in [3.63, 3.8) is 0 Å². The predicted molar refractivity (Wildman–Crippen MR) is 142 cm³/mol. The van der Waals surface area contributed by atoms with E-state index < -0.39 is 0 Å². The Morgan fingerprint density at radius 3 is 2.52 bits per heavy atom. The predicted octanol–water partition coefficient (Wildman–Crippen LogP) is 4.37. The number of halogens is 1. The van der Waals surface area contributed by atoms with Crippen LogP contribution in [0.15, 0.2) is 59.6 Å². The molecular formula is C26H36IN3O3. The summed E-state index contributed by atoms with van der Waals surface area (Å²) < 4.78 is 17.9. The summed E-state index contributed by atoms with van der Waals surface area (Å²) >= 11 is 0. The van der Waals surface area contributed by atoms with Gasteiger partial charge in [0.15, 0.2) is 5.96 Å². The molecule has 0 saturated carbocycles. The highest BCUT2D eigenvalue weighted by Crippen LogP contribution is 2.21. The van der Waals surface area contributed by atoms with Gasteiger partial charge in [0.2, 0.25) is 0 Å². The van der Waals surface area contributed by atoms with E-state index in [9.17, 15) is 0 Å². The van der Waals surface area contributed by atoms with Crippen molar-refractivity contribution >= 4 is 29.9 Å². The molecule has 2 fully saturated rings. The topological polar surface area (TPSA) is 55.3 Å². The van der Waals surface area contributed by atoms with Gasteiger partial charge in [-0.15, -0.1) is 24.0 Å². The van der Waals surface area contributed by atoms with E-state index in [-0.39, 0.29) is 36.2 Å². The molecule has 2 aliphatic rings. The van der Waals surface area contributed by atoms with Crippen LogP contribution in [-0.4, -0.2) is 55.9 Å². The van der Waals surface area contributed by atoms with E-state index in [1.807, 2.05) is 18.2 Å². The maximum Gasteiger partial charge on any atom is 0.194 e. The maximum atomic E-state index is 6.02. The summed E-state index contributed by atoms with van der Waals surface area (Å²) in [6, 6.07) is 18.7. The maximum absolute atomic E-state index is 6.02. The first-order valence-electron chi connectivity index (χ1n) is 11.8. The summed E-state index contributed by atoms with van der Waals surface area (Å²) in [5, 5.41) is 3.47. The molecule has 0 amide bonds. The van der Waals surface area contributed by atoms with Gasteiger partial charge in [-0.25, -0.2) is 4.99 Å². The molecule has 4 rings (SSSR count). The molecule has 2 heterocycles. The third-order valence-corrected chi connectivity index (χ3v) is 5.99. The van der Waals surface area contributed by atoms with Gasteiger partial charge >= 0.3 is 0 Å². The lowest BCUT2D eigenvalue weighted by atomic mass is 10.1. The monoisotopic (exact) mass is 565 g/mol. The van der Waals surface area contributed by atoms with Crippen LogP contribution in [0, 0.1) is 0 Å². The molecule has 2 aromatic carbocycles. The minimum absolute atomic E-state index is 0. The summed E-state index contributed by atoms with van der Waals surface area (Å²) in [5.74, 6) is 0.943. The fourth-order valence-corrected chi connectivity index (χ4v) is 4.28. The molecule has 0 bridgehead atoms. The molecule has 0 aromatic heterocycles. The number of nitrogens with one attached hydrogen (secondary N) is 1. The average molecular weight is 565 g/mol. The lowest BCUT2D eigenvalue weighted by Gasteiger charge is -2.37. The summed E-state index contributed by atoms with van der Waals surface area (Å²) in [4.78, 5) is 7.29. The smallest absolute Gasteiger partial charge is 0.194 e. The third-order valence-electron chi connectivity index (χ3n) is 5.99. The fourth-order valence-electron chi connectivity index (χ4n) is 4.28. The summed E-state index contributed by atoms with van der Waals surface area (Å²) in [6.07, 6.45) is 2.54. The van der Waals surface area contributed by atoms with Crippen molar-refractivity contribution in [1.29, 1.82) is 0 Å². The van der Waals surface area contributed by atoms with E-state index in [1.165, 1.54) is 16.7 Å². The number of hydrogen-bond acceptors (Lipinski definition) is 4. The number of morpholine rings is 1. The van der Waals surface area contributed by atoms with Crippen LogP contribution in [0.3, 0.4) is 0 Å². The zero-order valence-electron chi connectivity index (χ0n) is 19.4. The standard InChI is InChI=1S/C26H35N3O3.HI/c1-2-27-26(29-14-16-32-25(18-29)24-13-8-15-31-24)28-17-22-11-6-7-12-23(22)20-30-19-21-9-4-3-5-10-21;/h3-7,9-12,24-25H,2,8,13-20H2,1H3,(H,27,28);1H. The molecule has 7 heteroatoms. The van der Waals surface area contributed by atoms with Crippen LogP contribution < -0.4 is 5.32 Å². The molecular weight excluding hydrogens is 529 g/mol. The summed E-state index contributed by atoms with van der Waals surface area (Å²) in [6.45, 7) is 7.97. The summed E-state index contributed by atoms with van der Waals surface area (Å²) in [5.41, 5.74) is 3.56. The lowest BCUT2D eigenvalue weighted by Crippen LogP contribution is -2.53. The normalized spacial score (nSPS) is 21.0. The summed E-state index contributed by atoms with van der Waals surface area (Å²) in [7, 11) is 0. The molecule has 2 unspecified atom stereocenters. The van der Waals surface area contributed by atoms with E-state index in [0.29, 0.717) is 26.4 Å². The van der Waals surface area contributed by atoms with Crippen LogP contribution >= 0.6 is 24.0 Å². The molecule has 2 atom stereocenters. The SMILES string of the molecule is CCNC(=NCc1ccccc1COCc1ccccc1)N1CCOC(C2CCCO2)C1.I.